The van der Waals surface area contributed by atoms with Gasteiger partial charge in [-0.3, -0.25) is 9.69 Å². The molecule has 0 spiro atoms. The van der Waals surface area contributed by atoms with Gasteiger partial charge in [-0.15, -0.1) is 11.3 Å². The monoisotopic (exact) mass is 415 g/mol. The van der Waals surface area contributed by atoms with Crippen LogP contribution in [-0.4, -0.2) is 60.2 Å². The largest absolute Gasteiger partial charge is 0.379 e. The minimum Gasteiger partial charge on any atom is -0.379 e. The molecule has 0 radical (unpaired) electrons. The van der Waals surface area contributed by atoms with E-state index in [0.29, 0.717) is 0 Å². The van der Waals surface area contributed by atoms with E-state index in [0.717, 1.165) is 81.7 Å². The van der Waals surface area contributed by atoms with Crippen LogP contribution in [0, 0.1) is 5.92 Å². The van der Waals surface area contributed by atoms with Crippen LogP contribution in [0.2, 0.25) is 0 Å². The average Bonchev–Trinajstić information content (AvgIpc) is 3.12. The number of ether oxygens (including phenoxy) is 1. The van der Waals surface area contributed by atoms with Crippen molar-refractivity contribution < 1.29 is 9.53 Å². The highest BCUT2D eigenvalue weighted by atomic mass is 32.1. The lowest BCUT2D eigenvalue weighted by Crippen LogP contribution is -2.39. The number of thiophene rings is 1. The van der Waals surface area contributed by atoms with Gasteiger partial charge in [-0.1, -0.05) is 0 Å². The fourth-order valence-electron chi connectivity index (χ4n) is 4.82. The zero-order valence-corrected chi connectivity index (χ0v) is 17.7. The molecule has 1 amide bonds. The quantitative estimate of drug-likeness (QED) is 0.823. The number of nitrogens with two attached hydrogens (primary N) is 1. The third-order valence-electron chi connectivity index (χ3n) is 6.51. The minimum absolute atomic E-state index is 0.00668. The summed E-state index contributed by atoms with van der Waals surface area (Å²) in [7, 11) is 0. The molecule has 3 aliphatic rings. The number of carbonyl (C=O) groups excluding carboxylic acids is 1. The lowest BCUT2D eigenvalue weighted by atomic mass is 9.94. The SMILES string of the molecule is NC(=O)C1CCN(c2nc(CN3CCOCC3)nc3sc4c(c23)CCCC4)CC1. The molecule has 2 N–H and O–H groups in total. The summed E-state index contributed by atoms with van der Waals surface area (Å²) in [5.74, 6) is 1.82. The molecular formula is C21H29N5O2S. The third kappa shape index (κ3) is 3.85. The zero-order valence-electron chi connectivity index (χ0n) is 16.9. The van der Waals surface area contributed by atoms with Gasteiger partial charge in [0.2, 0.25) is 5.91 Å². The average molecular weight is 416 g/mol. The first-order valence-corrected chi connectivity index (χ1v) is 11.7. The summed E-state index contributed by atoms with van der Waals surface area (Å²) in [6.07, 6.45) is 6.44. The molecule has 0 aromatic carbocycles. The maximum atomic E-state index is 11.6. The van der Waals surface area contributed by atoms with Gasteiger partial charge in [0.05, 0.1) is 25.1 Å². The maximum Gasteiger partial charge on any atom is 0.220 e. The molecule has 4 heterocycles. The van der Waals surface area contributed by atoms with Gasteiger partial charge < -0.3 is 15.4 Å². The number of amides is 1. The number of piperidine rings is 1. The highest BCUT2D eigenvalue weighted by molar-refractivity contribution is 7.19. The number of primary amides is 1. The third-order valence-corrected chi connectivity index (χ3v) is 7.69. The maximum absolute atomic E-state index is 11.6. The van der Waals surface area contributed by atoms with E-state index in [1.807, 2.05) is 11.3 Å². The van der Waals surface area contributed by atoms with Crippen LogP contribution in [0.1, 0.15) is 41.9 Å². The van der Waals surface area contributed by atoms with Crippen molar-refractivity contribution in [3.63, 3.8) is 0 Å². The predicted octanol–water partition coefficient (Wildman–Crippen LogP) is 2.10. The van der Waals surface area contributed by atoms with Crippen LogP contribution in [-0.2, 0) is 28.9 Å². The molecule has 2 aromatic heterocycles. The second-order valence-corrected chi connectivity index (χ2v) is 9.49. The van der Waals surface area contributed by atoms with Crippen LogP contribution < -0.4 is 10.6 Å². The van der Waals surface area contributed by atoms with Gasteiger partial charge in [-0.25, -0.2) is 9.97 Å². The molecular weight excluding hydrogens is 386 g/mol. The molecule has 8 heteroatoms. The molecule has 2 aromatic rings. The number of fused-ring (bicyclic) bond motifs is 3. The number of morpholine rings is 1. The first kappa shape index (κ1) is 19.2. The Balaban J connectivity index is 1.50. The van der Waals surface area contributed by atoms with E-state index in [2.05, 4.69) is 9.80 Å². The molecule has 156 valence electrons. The van der Waals surface area contributed by atoms with Gasteiger partial charge in [0, 0.05) is 37.0 Å². The van der Waals surface area contributed by atoms with Crippen molar-refractivity contribution in [1.82, 2.24) is 14.9 Å². The summed E-state index contributed by atoms with van der Waals surface area (Å²) >= 11 is 1.86. The summed E-state index contributed by atoms with van der Waals surface area (Å²) in [6.45, 7) is 5.87. The Hall–Kier alpha value is -1.77. The van der Waals surface area contributed by atoms with Crippen LogP contribution in [0.5, 0.6) is 0 Å². The highest BCUT2D eigenvalue weighted by Crippen LogP contribution is 2.40. The Bertz CT molecular complexity index is 900. The Morgan fingerprint density at radius 2 is 1.86 bits per heavy atom. The summed E-state index contributed by atoms with van der Waals surface area (Å²) < 4.78 is 5.48. The number of hydrogen-bond donors (Lipinski definition) is 1. The molecule has 2 saturated heterocycles. The van der Waals surface area contributed by atoms with Crippen molar-refractivity contribution in [2.75, 3.05) is 44.3 Å². The second-order valence-electron chi connectivity index (χ2n) is 8.41. The summed E-state index contributed by atoms with van der Waals surface area (Å²) in [5.41, 5.74) is 7.02. The topological polar surface area (TPSA) is 84.6 Å². The Morgan fingerprint density at radius 1 is 1.10 bits per heavy atom. The number of carbonyl (C=O) groups is 1. The van der Waals surface area contributed by atoms with Crippen molar-refractivity contribution in [2.24, 2.45) is 11.7 Å². The van der Waals surface area contributed by atoms with Crippen LogP contribution in [0.4, 0.5) is 5.82 Å². The van der Waals surface area contributed by atoms with Crippen LogP contribution >= 0.6 is 11.3 Å². The van der Waals surface area contributed by atoms with Gasteiger partial charge in [0.1, 0.15) is 16.5 Å². The molecule has 0 saturated carbocycles. The van der Waals surface area contributed by atoms with E-state index in [1.54, 1.807) is 0 Å². The van der Waals surface area contributed by atoms with Crippen molar-refractivity contribution in [3.05, 3.63) is 16.3 Å². The first-order valence-electron chi connectivity index (χ1n) is 10.8. The van der Waals surface area contributed by atoms with E-state index < -0.39 is 0 Å². The molecule has 2 fully saturated rings. The smallest absolute Gasteiger partial charge is 0.220 e. The van der Waals surface area contributed by atoms with Gasteiger partial charge in [0.15, 0.2) is 0 Å². The second kappa shape index (κ2) is 8.16. The number of rotatable bonds is 4. The number of aryl methyl sites for hydroxylation is 2. The molecule has 1 aliphatic carbocycles. The van der Waals surface area contributed by atoms with Crippen LogP contribution in [0.3, 0.4) is 0 Å². The van der Waals surface area contributed by atoms with Crippen molar-refractivity contribution in [2.45, 2.75) is 45.1 Å². The lowest BCUT2D eigenvalue weighted by molar-refractivity contribution is -0.122. The molecule has 2 aliphatic heterocycles. The molecule has 7 nitrogen and oxygen atoms in total. The summed E-state index contributed by atoms with van der Waals surface area (Å²) in [4.78, 5) is 29.1. The first-order chi connectivity index (χ1) is 14.2. The number of nitrogens with zero attached hydrogens (tertiary/aromatic N) is 4. The normalized spacial score (nSPS) is 21.4. The highest BCUT2D eigenvalue weighted by Gasteiger charge is 2.28. The van der Waals surface area contributed by atoms with Gasteiger partial charge in [0.25, 0.3) is 0 Å². The van der Waals surface area contributed by atoms with Crippen molar-refractivity contribution >= 4 is 33.3 Å². The van der Waals surface area contributed by atoms with Crippen molar-refractivity contribution in [3.8, 4) is 0 Å². The van der Waals surface area contributed by atoms with E-state index in [4.69, 9.17) is 20.4 Å². The number of aromatic nitrogens is 2. The molecule has 5 rings (SSSR count). The van der Waals surface area contributed by atoms with Crippen LogP contribution in [0.25, 0.3) is 10.2 Å². The van der Waals surface area contributed by atoms with Gasteiger partial charge in [-0.05, 0) is 44.1 Å². The molecule has 0 atom stereocenters. The van der Waals surface area contributed by atoms with E-state index in [9.17, 15) is 4.79 Å². The minimum atomic E-state index is -0.168. The molecule has 0 unspecified atom stereocenters. The van der Waals surface area contributed by atoms with Gasteiger partial charge >= 0.3 is 0 Å². The molecule has 29 heavy (non-hydrogen) atoms. The van der Waals surface area contributed by atoms with Crippen LogP contribution in [0.15, 0.2) is 0 Å². The summed E-state index contributed by atoms with van der Waals surface area (Å²) in [5, 5.41) is 1.27. The molecule has 0 bridgehead atoms. The fraction of sp³-hybridized carbons (Fsp3) is 0.667. The zero-order chi connectivity index (χ0) is 19.8. The predicted molar refractivity (Wildman–Crippen MR) is 114 cm³/mol. The van der Waals surface area contributed by atoms with Gasteiger partial charge in [-0.2, -0.15) is 0 Å². The number of hydrogen-bond acceptors (Lipinski definition) is 7. The Labute approximate surface area is 175 Å². The Morgan fingerprint density at radius 3 is 2.62 bits per heavy atom. The van der Waals surface area contributed by atoms with E-state index >= 15 is 0 Å². The Kier molecular flexibility index (Phi) is 5.41. The van der Waals surface area contributed by atoms with Crippen molar-refractivity contribution in [1.29, 1.82) is 0 Å². The fourth-order valence-corrected chi connectivity index (χ4v) is 6.09. The standard InChI is InChI=1S/C21H29N5O2S/c22-19(27)14-5-7-26(8-6-14)20-18-15-3-1-2-4-16(15)29-21(18)24-17(23-20)13-25-9-11-28-12-10-25/h14H,1-13H2,(H2,22,27). The number of anilines is 1. The van der Waals surface area contributed by atoms with E-state index in [1.165, 1.54) is 35.1 Å². The summed E-state index contributed by atoms with van der Waals surface area (Å²) in [6, 6.07) is 0. The van der Waals surface area contributed by atoms with E-state index in [-0.39, 0.29) is 11.8 Å². The lowest BCUT2D eigenvalue weighted by Gasteiger charge is -2.32.